The van der Waals surface area contributed by atoms with E-state index in [2.05, 4.69) is 23.3 Å². The molecule has 2 aromatic rings. The number of likely N-dealkylation sites (N-methyl/N-ethyl adjacent to an activating group) is 1. The molecule has 0 bridgehead atoms. The second-order valence-corrected chi connectivity index (χ2v) is 7.99. The third kappa shape index (κ3) is 5.83. The van der Waals surface area contributed by atoms with Crippen molar-refractivity contribution in [3.63, 3.8) is 0 Å². The molecule has 1 aliphatic heterocycles. The van der Waals surface area contributed by atoms with E-state index in [-0.39, 0.29) is 17.6 Å². The first-order valence-electron chi connectivity index (χ1n) is 9.56. The molecule has 0 unspecified atom stereocenters. The van der Waals surface area contributed by atoms with Crippen molar-refractivity contribution >= 4 is 29.3 Å². The quantitative estimate of drug-likeness (QED) is 0.770. The summed E-state index contributed by atoms with van der Waals surface area (Å²) in [5.74, 6) is 0.0263. The van der Waals surface area contributed by atoms with Crippen molar-refractivity contribution in [2.45, 2.75) is 11.3 Å². The van der Waals surface area contributed by atoms with E-state index < -0.39 is 0 Å². The average molecular weight is 409 g/mol. The molecule has 2 amide bonds. The van der Waals surface area contributed by atoms with Gasteiger partial charge in [0.15, 0.2) is 0 Å². The number of thioether (sulfide) groups is 1. The Hall–Kier alpha value is -2.82. The lowest BCUT2D eigenvalue weighted by Crippen LogP contribution is -2.34. The molecule has 0 aliphatic carbocycles. The molecule has 0 saturated carbocycles. The van der Waals surface area contributed by atoms with Gasteiger partial charge >= 0.3 is 0 Å². The van der Waals surface area contributed by atoms with E-state index in [4.69, 9.17) is 5.26 Å². The summed E-state index contributed by atoms with van der Waals surface area (Å²) in [5.41, 5.74) is 1.73. The molecular formula is C22H24N4O2S. The zero-order valence-electron chi connectivity index (χ0n) is 16.4. The fourth-order valence-corrected chi connectivity index (χ4v) is 4.04. The van der Waals surface area contributed by atoms with Crippen LogP contribution in [0.4, 0.5) is 5.69 Å². The average Bonchev–Trinajstić information content (AvgIpc) is 2.96. The summed E-state index contributed by atoms with van der Waals surface area (Å²) in [4.78, 5) is 30.3. The smallest absolute Gasteiger partial charge is 0.255 e. The minimum atomic E-state index is -0.177. The maximum Gasteiger partial charge on any atom is 0.255 e. The molecule has 1 N–H and O–H groups in total. The van der Waals surface area contributed by atoms with Crippen LogP contribution in [0.2, 0.25) is 0 Å². The number of hydrogen-bond acceptors (Lipinski definition) is 5. The predicted octanol–water partition coefficient (Wildman–Crippen LogP) is 3.07. The molecule has 2 aromatic carbocycles. The van der Waals surface area contributed by atoms with Crippen LogP contribution in [-0.4, -0.2) is 60.6 Å². The van der Waals surface area contributed by atoms with Crippen molar-refractivity contribution < 1.29 is 9.59 Å². The van der Waals surface area contributed by atoms with Crippen LogP contribution in [0, 0.1) is 11.3 Å². The SMILES string of the molecule is CN1CCCN(C(=O)c2ccccc2SCC(=O)Nc2cccc(C#N)c2)CC1. The fourth-order valence-electron chi connectivity index (χ4n) is 3.20. The van der Waals surface area contributed by atoms with E-state index in [0.717, 1.165) is 31.0 Å². The Morgan fingerprint density at radius 2 is 1.93 bits per heavy atom. The number of nitrogens with one attached hydrogen (secondary N) is 1. The van der Waals surface area contributed by atoms with E-state index in [1.165, 1.54) is 11.8 Å². The molecular weight excluding hydrogens is 384 g/mol. The van der Waals surface area contributed by atoms with Crippen LogP contribution >= 0.6 is 11.8 Å². The van der Waals surface area contributed by atoms with Gasteiger partial charge in [-0.1, -0.05) is 18.2 Å². The molecule has 0 aromatic heterocycles. The van der Waals surface area contributed by atoms with E-state index in [1.807, 2.05) is 29.2 Å². The van der Waals surface area contributed by atoms with Gasteiger partial charge in [-0.2, -0.15) is 5.26 Å². The second kappa shape index (κ2) is 10.1. The third-order valence-corrected chi connectivity index (χ3v) is 5.83. The molecule has 150 valence electrons. The Balaban J connectivity index is 1.63. The van der Waals surface area contributed by atoms with Gasteiger partial charge in [0.1, 0.15) is 0 Å². The minimum absolute atomic E-state index is 0.0190. The number of hydrogen-bond donors (Lipinski definition) is 1. The van der Waals surface area contributed by atoms with Crippen molar-refractivity contribution in [3.8, 4) is 6.07 Å². The van der Waals surface area contributed by atoms with Crippen molar-refractivity contribution in [3.05, 3.63) is 59.7 Å². The van der Waals surface area contributed by atoms with Crippen molar-refractivity contribution in [2.24, 2.45) is 0 Å². The summed E-state index contributed by atoms with van der Waals surface area (Å²) in [6.07, 6.45) is 0.960. The zero-order chi connectivity index (χ0) is 20.6. The van der Waals surface area contributed by atoms with Crippen LogP contribution < -0.4 is 5.32 Å². The van der Waals surface area contributed by atoms with Crippen molar-refractivity contribution in [2.75, 3.05) is 44.3 Å². The van der Waals surface area contributed by atoms with Gasteiger partial charge in [0, 0.05) is 30.2 Å². The number of benzene rings is 2. The van der Waals surface area contributed by atoms with Gasteiger partial charge in [-0.15, -0.1) is 11.8 Å². The highest BCUT2D eigenvalue weighted by atomic mass is 32.2. The third-order valence-electron chi connectivity index (χ3n) is 4.76. The van der Waals surface area contributed by atoms with Crippen LogP contribution in [0.15, 0.2) is 53.4 Å². The first-order chi connectivity index (χ1) is 14.1. The molecule has 1 heterocycles. The molecule has 7 heteroatoms. The number of nitrogens with zero attached hydrogens (tertiary/aromatic N) is 3. The van der Waals surface area contributed by atoms with Crippen LogP contribution in [0.5, 0.6) is 0 Å². The maximum atomic E-state index is 13.0. The largest absolute Gasteiger partial charge is 0.337 e. The second-order valence-electron chi connectivity index (χ2n) is 6.97. The van der Waals surface area contributed by atoms with Gasteiger partial charge in [0.25, 0.3) is 5.91 Å². The van der Waals surface area contributed by atoms with Crippen LogP contribution in [0.25, 0.3) is 0 Å². The lowest BCUT2D eigenvalue weighted by molar-refractivity contribution is -0.113. The monoisotopic (exact) mass is 408 g/mol. The van der Waals surface area contributed by atoms with Gasteiger partial charge in [-0.3, -0.25) is 9.59 Å². The highest BCUT2D eigenvalue weighted by Crippen LogP contribution is 2.24. The van der Waals surface area contributed by atoms with Gasteiger partial charge in [-0.05, 0) is 50.3 Å². The normalized spacial score (nSPS) is 14.7. The van der Waals surface area contributed by atoms with Gasteiger partial charge in [0.2, 0.25) is 5.91 Å². The topological polar surface area (TPSA) is 76.4 Å². The number of nitriles is 1. The zero-order valence-corrected chi connectivity index (χ0v) is 17.2. The van der Waals surface area contributed by atoms with Crippen LogP contribution in [0.3, 0.4) is 0 Å². The molecule has 1 saturated heterocycles. The van der Waals surface area contributed by atoms with Gasteiger partial charge in [0.05, 0.1) is 22.9 Å². The minimum Gasteiger partial charge on any atom is -0.337 e. The van der Waals surface area contributed by atoms with Gasteiger partial charge < -0.3 is 15.1 Å². The first kappa shape index (κ1) is 20.9. The predicted molar refractivity (Wildman–Crippen MR) is 115 cm³/mol. The molecule has 0 spiro atoms. The summed E-state index contributed by atoms with van der Waals surface area (Å²) in [7, 11) is 2.07. The Kier molecular flexibility index (Phi) is 7.28. The van der Waals surface area contributed by atoms with Crippen LogP contribution in [0.1, 0.15) is 22.3 Å². The Morgan fingerprint density at radius 1 is 1.10 bits per heavy atom. The summed E-state index contributed by atoms with van der Waals surface area (Å²) in [6.45, 7) is 3.32. The molecule has 0 radical (unpaired) electrons. The van der Waals surface area contributed by atoms with E-state index >= 15 is 0 Å². The summed E-state index contributed by atoms with van der Waals surface area (Å²) < 4.78 is 0. The molecule has 0 atom stereocenters. The van der Waals surface area contributed by atoms with E-state index in [9.17, 15) is 9.59 Å². The fraction of sp³-hybridized carbons (Fsp3) is 0.318. The molecule has 1 fully saturated rings. The molecule has 29 heavy (non-hydrogen) atoms. The van der Waals surface area contributed by atoms with Gasteiger partial charge in [-0.25, -0.2) is 0 Å². The molecule has 3 rings (SSSR count). The highest BCUT2D eigenvalue weighted by molar-refractivity contribution is 8.00. The summed E-state index contributed by atoms with van der Waals surface area (Å²) in [5, 5.41) is 11.8. The number of rotatable bonds is 5. The Bertz CT molecular complexity index is 925. The molecule has 1 aliphatic rings. The van der Waals surface area contributed by atoms with E-state index in [0.29, 0.717) is 23.4 Å². The Labute approximate surface area is 175 Å². The summed E-state index contributed by atoms with van der Waals surface area (Å²) >= 11 is 1.35. The first-order valence-corrected chi connectivity index (χ1v) is 10.5. The van der Waals surface area contributed by atoms with E-state index in [1.54, 1.807) is 24.3 Å². The Morgan fingerprint density at radius 3 is 2.76 bits per heavy atom. The standard InChI is InChI=1S/C22H24N4O2S/c1-25-10-5-11-26(13-12-25)22(28)19-8-2-3-9-20(19)29-16-21(27)24-18-7-4-6-17(14-18)15-23/h2-4,6-9,14H,5,10-13,16H2,1H3,(H,24,27). The lowest BCUT2D eigenvalue weighted by atomic mass is 10.2. The molecule has 6 nitrogen and oxygen atoms in total. The maximum absolute atomic E-state index is 13.0. The van der Waals surface area contributed by atoms with Crippen LogP contribution in [-0.2, 0) is 4.79 Å². The number of carbonyl (C=O) groups is 2. The highest BCUT2D eigenvalue weighted by Gasteiger charge is 2.21. The summed E-state index contributed by atoms with van der Waals surface area (Å²) in [6, 6.07) is 16.3. The number of carbonyl (C=O) groups excluding carboxylic acids is 2. The lowest BCUT2D eigenvalue weighted by Gasteiger charge is -2.22. The number of anilines is 1. The van der Waals surface area contributed by atoms with Crippen molar-refractivity contribution in [1.82, 2.24) is 9.80 Å². The number of amides is 2. The van der Waals surface area contributed by atoms with Crippen molar-refractivity contribution in [1.29, 1.82) is 5.26 Å².